The van der Waals surface area contributed by atoms with Gasteiger partial charge in [-0.15, -0.1) is 30.6 Å². The maximum atomic E-state index is 13.3. The standard InChI is InChI=1S/C13H17F2N3.HI/c1-3-7-17-13(16-2)18-8-6-10-9-11(14)4-5-12(10)15;/h3-5,9H,1,6-8H2,2H3,(H2,16,17,18);1H. The van der Waals surface area contributed by atoms with Gasteiger partial charge in [-0.3, -0.25) is 4.99 Å². The molecule has 0 aliphatic carbocycles. The summed E-state index contributed by atoms with van der Waals surface area (Å²) in [7, 11) is 1.64. The van der Waals surface area contributed by atoms with Gasteiger partial charge in [-0.05, 0) is 30.2 Å². The van der Waals surface area contributed by atoms with Crippen LogP contribution in [0.2, 0.25) is 0 Å². The third kappa shape index (κ3) is 6.51. The third-order valence-corrected chi connectivity index (χ3v) is 2.33. The first-order chi connectivity index (χ1) is 8.67. The zero-order valence-electron chi connectivity index (χ0n) is 10.7. The van der Waals surface area contributed by atoms with Crippen LogP contribution in [0, 0.1) is 11.6 Å². The van der Waals surface area contributed by atoms with Crippen LogP contribution in [-0.4, -0.2) is 26.1 Å². The van der Waals surface area contributed by atoms with Gasteiger partial charge in [0.15, 0.2) is 5.96 Å². The van der Waals surface area contributed by atoms with E-state index in [-0.39, 0.29) is 24.0 Å². The van der Waals surface area contributed by atoms with Gasteiger partial charge in [0.05, 0.1) is 0 Å². The molecule has 0 heterocycles. The highest BCUT2D eigenvalue weighted by Gasteiger charge is 2.04. The Bertz CT molecular complexity index is 436. The summed E-state index contributed by atoms with van der Waals surface area (Å²) in [6, 6.07) is 3.45. The average Bonchev–Trinajstić information content (AvgIpc) is 2.37. The van der Waals surface area contributed by atoms with E-state index >= 15 is 0 Å². The van der Waals surface area contributed by atoms with E-state index in [0.717, 1.165) is 12.1 Å². The SMILES string of the molecule is C=CCNC(=NC)NCCc1cc(F)ccc1F.I. The number of guanidine groups is 1. The Balaban J connectivity index is 0.00000324. The molecule has 0 radical (unpaired) electrons. The molecule has 0 fully saturated rings. The minimum atomic E-state index is -0.430. The Hall–Kier alpha value is -1.18. The maximum absolute atomic E-state index is 13.3. The molecular formula is C13H18F2IN3. The van der Waals surface area contributed by atoms with Crippen LogP contribution in [0.15, 0.2) is 35.8 Å². The Morgan fingerprint density at radius 3 is 2.74 bits per heavy atom. The van der Waals surface area contributed by atoms with E-state index in [4.69, 9.17) is 0 Å². The summed E-state index contributed by atoms with van der Waals surface area (Å²) < 4.78 is 26.3. The molecule has 0 saturated heterocycles. The molecule has 0 saturated carbocycles. The molecule has 1 aromatic carbocycles. The van der Waals surface area contributed by atoms with Gasteiger partial charge in [-0.1, -0.05) is 6.08 Å². The van der Waals surface area contributed by atoms with Gasteiger partial charge in [0.1, 0.15) is 11.6 Å². The van der Waals surface area contributed by atoms with Crippen molar-refractivity contribution in [3.8, 4) is 0 Å². The molecule has 0 aliphatic heterocycles. The molecule has 3 nitrogen and oxygen atoms in total. The highest BCUT2D eigenvalue weighted by molar-refractivity contribution is 14.0. The highest BCUT2D eigenvalue weighted by Crippen LogP contribution is 2.09. The van der Waals surface area contributed by atoms with E-state index in [1.165, 1.54) is 6.07 Å². The average molecular weight is 381 g/mol. The molecule has 2 N–H and O–H groups in total. The van der Waals surface area contributed by atoms with E-state index in [9.17, 15) is 8.78 Å². The van der Waals surface area contributed by atoms with Crippen molar-refractivity contribution in [2.75, 3.05) is 20.1 Å². The van der Waals surface area contributed by atoms with Crippen molar-refractivity contribution in [3.63, 3.8) is 0 Å². The molecule has 0 spiro atoms. The van der Waals surface area contributed by atoms with Crippen LogP contribution in [0.1, 0.15) is 5.56 Å². The van der Waals surface area contributed by atoms with Gasteiger partial charge in [0, 0.05) is 20.1 Å². The van der Waals surface area contributed by atoms with E-state index in [1.54, 1.807) is 13.1 Å². The number of hydrogen-bond acceptors (Lipinski definition) is 1. The quantitative estimate of drug-likeness (QED) is 0.356. The van der Waals surface area contributed by atoms with Gasteiger partial charge in [0.25, 0.3) is 0 Å². The summed E-state index contributed by atoms with van der Waals surface area (Å²) in [4.78, 5) is 3.98. The van der Waals surface area contributed by atoms with Gasteiger partial charge in [0.2, 0.25) is 0 Å². The lowest BCUT2D eigenvalue weighted by Gasteiger charge is -2.10. The fourth-order valence-electron chi connectivity index (χ4n) is 1.44. The minimum Gasteiger partial charge on any atom is -0.356 e. The highest BCUT2D eigenvalue weighted by atomic mass is 127. The van der Waals surface area contributed by atoms with Crippen molar-refractivity contribution in [3.05, 3.63) is 48.1 Å². The maximum Gasteiger partial charge on any atom is 0.191 e. The van der Waals surface area contributed by atoms with Crippen LogP contribution in [0.5, 0.6) is 0 Å². The number of halogens is 3. The monoisotopic (exact) mass is 381 g/mol. The largest absolute Gasteiger partial charge is 0.356 e. The first-order valence-electron chi connectivity index (χ1n) is 5.66. The summed E-state index contributed by atoms with van der Waals surface area (Å²) in [6.45, 7) is 4.64. The van der Waals surface area contributed by atoms with Crippen LogP contribution in [0.25, 0.3) is 0 Å². The van der Waals surface area contributed by atoms with Crippen molar-refractivity contribution in [2.45, 2.75) is 6.42 Å². The van der Waals surface area contributed by atoms with Crippen LogP contribution in [0.4, 0.5) is 8.78 Å². The molecule has 0 amide bonds. The third-order valence-electron chi connectivity index (χ3n) is 2.33. The molecule has 0 atom stereocenters. The summed E-state index contributed by atoms with van der Waals surface area (Å²) in [5, 5.41) is 5.99. The second-order valence-corrected chi connectivity index (χ2v) is 3.65. The summed E-state index contributed by atoms with van der Waals surface area (Å²) in [5.41, 5.74) is 0.349. The van der Waals surface area contributed by atoms with E-state index in [1.807, 2.05) is 0 Å². The molecule has 19 heavy (non-hydrogen) atoms. The number of aliphatic imine (C=N–C) groups is 1. The topological polar surface area (TPSA) is 36.4 Å². The van der Waals surface area contributed by atoms with Gasteiger partial charge in [-0.25, -0.2) is 8.78 Å². The molecule has 0 unspecified atom stereocenters. The smallest absolute Gasteiger partial charge is 0.191 e. The van der Waals surface area contributed by atoms with Crippen molar-refractivity contribution >= 4 is 29.9 Å². The lowest BCUT2D eigenvalue weighted by atomic mass is 10.1. The first kappa shape index (κ1) is 17.8. The number of benzene rings is 1. The Labute approximate surface area is 129 Å². The molecule has 0 bridgehead atoms. The minimum absolute atomic E-state index is 0. The number of nitrogens with zero attached hydrogens (tertiary/aromatic N) is 1. The van der Waals surface area contributed by atoms with Crippen LogP contribution in [0.3, 0.4) is 0 Å². The van der Waals surface area contributed by atoms with E-state index < -0.39 is 11.6 Å². The summed E-state index contributed by atoms with van der Waals surface area (Å²) in [5.74, 6) is -0.223. The molecule has 106 valence electrons. The second-order valence-electron chi connectivity index (χ2n) is 3.65. The van der Waals surface area contributed by atoms with Crippen LogP contribution in [-0.2, 0) is 6.42 Å². The molecule has 1 aromatic rings. The summed E-state index contributed by atoms with van der Waals surface area (Å²) >= 11 is 0. The summed E-state index contributed by atoms with van der Waals surface area (Å²) in [6.07, 6.45) is 2.09. The van der Waals surface area contributed by atoms with Crippen LogP contribution >= 0.6 is 24.0 Å². The Morgan fingerprint density at radius 1 is 1.37 bits per heavy atom. The zero-order valence-corrected chi connectivity index (χ0v) is 13.1. The van der Waals surface area contributed by atoms with E-state index in [2.05, 4.69) is 22.2 Å². The van der Waals surface area contributed by atoms with Gasteiger partial charge >= 0.3 is 0 Å². The normalized spacial score (nSPS) is 10.6. The Kier molecular flexibility index (Phi) is 9.11. The lowest BCUT2D eigenvalue weighted by molar-refractivity contribution is 0.583. The van der Waals surface area contributed by atoms with Gasteiger partial charge in [-0.2, -0.15) is 0 Å². The van der Waals surface area contributed by atoms with Crippen LogP contribution < -0.4 is 10.6 Å². The first-order valence-corrected chi connectivity index (χ1v) is 5.66. The lowest BCUT2D eigenvalue weighted by Crippen LogP contribution is -2.38. The molecule has 0 aliphatic rings. The molecular weight excluding hydrogens is 363 g/mol. The second kappa shape index (κ2) is 9.71. The number of hydrogen-bond donors (Lipinski definition) is 2. The molecule has 0 aromatic heterocycles. The number of rotatable bonds is 5. The molecule has 6 heteroatoms. The van der Waals surface area contributed by atoms with Crippen molar-refractivity contribution in [1.82, 2.24) is 10.6 Å². The predicted molar refractivity (Wildman–Crippen MR) is 85.0 cm³/mol. The zero-order chi connectivity index (χ0) is 13.4. The molecule has 1 rings (SSSR count). The van der Waals surface area contributed by atoms with Crippen molar-refractivity contribution in [1.29, 1.82) is 0 Å². The predicted octanol–water partition coefficient (Wildman–Crippen LogP) is 2.48. The van der Waals surface area contributed by atoms with E-state index in [0.29, 0.717) is 31.0 Å². The van der Waals surface area contributed by atoms with Gasteiger partial charge < -0.3 is 10.6 Å². The van der Waals surface area contributed by atoms with Crippen molar-refractivity contribution < 1.29 is 8.78 Å². The fraction of sp³-hybridized carbons (Fsp3) is 0.308. The van der Waals surface area contributed by atoms with Crippen molar-refractivity contribution in [2.24, 2.45) is 4.99 Å². The fourth-order valence-corrected chi connectivity index (χ4v) is 1.44. The number of nitrogens with one attached hydrogen (secondary N) is 2. The Morgan fingerprint density at radius 2 is 2.11 bits per heavy atom.